The van der Waals surface area contributed by atoms with Crippen molar-refractivity contribution < 1.29 is 23.1 Å². The molecule has 0 bridgehead atoms. The van der Waals surface area contributed by atoms with E-state index >= 15 is 0 Å². The Labute approximate surface area is 141 Å². The number of carboxylic acids is 1. The monoisotopic (exact) mass is 354 g/mol. The van der Waals surface area contributed by atoms with Gasteiger partial charge in [-0.05, 0) is 36.5 Å². The van der Waals surface area contributed by atoms with Gasteiger partial charge in [-0.25, -0.2) is 17.9 Å². The quantitative estimate of drug-likeness (QED) is 0.606. The topological polar surface area (TPSA) is 113 Å². The lowest BCUT2D eigenvalue weighted by Gasteiger charge is -2.25. The van der Waals surface area contributed by atoms with Gasteiger partial charge in [-0.1, -0.05) is 18.6 Å². The van der Waals surface area contributed by atoms with Crippen molar-refractivity contribution in [2.45, 2.75) is 25.7 Å². The predicted molar refractivity (Wildman–Crippen MR) is 89.2 cm³/mol. The Morgan fingerprint density at radius 2 is 2.00 bits per heavy atom. The average molecular weight is 354 g/mol. The molecule has 0 saturated heterocycles. The van der Waals surface area contributed by atoms with Gasteiger partial charge in [0.05, 0.1) is 17.7 Å². The number of carboxylic acid groups (broad SMARTS) is 1. The molecule has 0 aromatic heterocycles. The van der Waals surface area contributed by atoms with Crippen molar-refractivity contribution in [1.29, 1.82) is 0 Å². The highest BCUT2D eigenvalue weighted by molar-refractivity contribution is 7.89. The molecule has 24 heavy (non-hydrogen) atoms. The van der Waals surface area contributed by atoms with Crippen molar-refractivity contribution in [1.82, 2.24) is 10.0 Å². The molecule has 0 spiro atoms. The van der Waals surface area contributed by atoms with Crippen LogP contribution in [0.4, 0.5) is 0 Å². The van der Waals surface area contributed by atoms with Gasteiger partial charge in [0.25, 0.3) is 0 Å². The van der Waals surface area contributed by atoms with Crippen LogP contribution in [0.3, 0.4) is 0 Å². The molecule has 3 N–H and O–H groups in total. The number of carbonyl (C=O) groups is 2. The SMILES string of the molecule is O=C(Cc1cccc(C(=O)O)c1)NCCS(=O)(=O)NCC1CCC1. The normalized spacial score (nSPS) is 14.8. The van der Waals surface area contributed by atoms with E-state index in [1.807, 2.05) is 0 Å². The highest BCUT2D eigenvalue weighted by Gasteiger charge is 2.20. The van der Waals surface area contributed by atoms with Crippen molar-refractivity contribution in [2.75, 3.05) is 18.8 Å². The Kier molecular flexibility index (Phi) is 6.33. The van der Waals surface area contributed by atoms with Crippen molar-refractivity contribution >= 4 is 21.9 Å². The molecule has 132 valence electrons. The first kappa shape index (κ1) is 18.4. The third-order valence-corrected chi connectivity index (χ3v) is 5.40. The number of amides is 1. The largest absolute Gasteiger partial charge is 0.478 e. The minimum atomic E-state index is -3.38. The lowest BCUT2D eigenvalue weighted by molar-refractivity contribution is -0.120. The Morgan fingerprint density at radius 1 is 1.25 bits per heavy atom. The van der Waals surface area contributed by atoms with Gasteiger partial charge in [-0.2, -0.15) is 0 Å². The summed E-state index contributed by atoms with van der Waals surface area (Å²) in [5, 5.41) is 11.5. The zero-order chi connectivity index (χ0) is 17.6. The van der Waals surface area contributed by atoms with Crippen LogP contribution in [0.1, 0.15) is 35.2 Å². The maximum atomic E-state index is 11.8. The molecule has 1 amide bonds. The summed E-state index contributed by atoms with van der Waals surface area (Å²) in [6.07, 6.45) is 3.30. The molecule has 0 unspecified atom stereocenters. The van der Waals surface area contributed by atoms with E-state index in [0.717, 1.165) is 19.3 Å². The number of aromatic carboxylic acids is 1. The summed E-state index contributed by atoms with van der Waals surface area (Å²) in [6.45, 7) is 0.496. The molecule has 1 aliphatic rings. The summed E-state index contributed by atoms with van der Waals surface area (Å²) in [5.41, 5.74) is 0.682. The Morgan fingerprint density at radius 3 is 2.62 bits per heavy atom. The second kappa shape index (κ2) is 8.25. The zero-order valence-corrected chi connectivity index (χ0v) is 14.1. The second-order valence-corrected chi connectivity index (χ2v) is 7.92. The van der Waals surface area contributed by atoms with Gasteiger partial charge in [0.1, 0.15) is 0 Å². The fourth-order valence-corrected chi connectivity index (χ4v) is 3.41. The number of rotatable bonds is 9. The number of hydrogen-bond acceptors (Lipinski definition) is 4. The molecular formula is C16H22N2O5S. The summed E-state index contributed by atoms with van der Waals surface area (Å²) < 4.78 is 26.2. The minimum absolute atomic E-state index is 0.0106. The van der Waals surface area contributed by atoms with E-state index < -0.39 is 16.0 Å². The van der Waals surface area contributed by atoms with E-state index in [0.29, 0.717) is 18.0 Å². The van der Waals surface area contributed by atoms with Crippen LogP contribution < -0.4 is 10.0 Å². The van der Waals surface area contributed by atoms with Crippen LogP contribution in [0.5, 0.6) is 0 Å². The third kappa shape index (κ3) is 5.93. The first-order valence-electron chi connectivity index (χ1n) is 7.92. The van der Waals surface area contributed by atoms with Crippen molar-refractivity contribution in [3.8, 4) is 0 Å². The highest BCUT2D eigenvalue weighted by Crippen LogP contribution is 2.25. The lowest BCUT2D eigenvalue weighted by Crippen LogP contribution is -2.38. The molecule has 2 rings (SSSR count). The molecule has 1 aromatic carbocycles. The van der Waals surface area contributed by atoms with Crippen LogP contribution in [-0.2, 0) is 21.2 Å². The number of benzene rings is 1. The summed E-state index contributed by atoms with van der Waals surface area (Å²) >= 11 is 0. The highest BCUT2D eigenvalue weighted by atomic mass is 32.2. The molecular weight excluding hydrogens is 332 g/mol. The summed E-state index contributed by atoms with van der Waals surface area (Å²) in [7, 11) is -3.38. The van der Waals surface area contributed by atoms with Gasteiger partial charge < -0.3 is 10.4 Å². The molecule has 0 radical (unpaired) electrons. The summed E-state index contributed by atoms with van der Waals surface area (Å²) in [4.78, 5) is 22.7. The Hall–Kier alpha value is -1.93. The van der Waals surface area contributed by atoms with Crippen LogP contribution in [0, 0.1) is 5.92 Å². The number of sulfonamides is 1. The zero-order valence-electron chi connectivity index (χ0n) is 13.3. The van der Waals surface area contributed by atoms with Crippen LogP contribution in [0.15, 0.2) is 24.3 Å². The fourth-order valence-electron chi connectivity index (χ4n) is 2.40. The van der Waals surface area contributed by atoms with Gasteiger partial charge in [-0.3, -0.25) is 4.79 Å². The van der Waals surface area contributed by atoms with Crippen LogP contribution >= 0.6 is 0 Å². The van der Waals surface area contributed by atoms with Crippen molar-refractivity contribution in [3.63, 3.8) is 0 Å². The van der Waals surface area contributed by atoms with E-state index in [-0.39, 0.29) is 30.2 Å². The number of nitrogens with one attached hydrogen (secondary N) is 2. The summed E-state index contributed by atoms with van der Waals surface area (Å²) in [6, 6.07) is 6.10. The van der Waals surface area contributed by atoms with Gasteiger partial charge in [0.2, 0.25) is 15.9 Å². The molecule has 1 saturated carbocycles. The molecule has 1 fully saturated rings. The maximum absolute atomic E-state index is 11.8. The minimum Gasteiger partial charge on any atom is -0.478 e. The first-order chi connectivity index (χ1) is 11.4. The van der Waals surface area contributed by atoms with E-state index in [1.54, 1.807) is 12.1 Å². The molecule has 0 aliphatic heterocycles. The van der Waals surface area contributed by atoms with Gasteiger partial charge in [0.15, 0.2) is 0 Å². The van der Waals surface area contributed by atoms with Gasteiger partial charge in [0, 0.05) is 13.1 Å². The van der Waals surface area contributed by atoms with Crippen LogP contribution in [-0.4, -0.2) is 44.2 Å². The van der Waals surface area contributed by atoms with Crippen molar-refractivity contribution in [3.05, 3.63) is 35.4 Å². The summed E-state index contributed by atoms with van der Waals surface area (Å²) in [5.74, 6) is -1.12. The van der Waals surface area contributed by atoms with E-state index in [4.69, 9.17) is 5.11 Å². The number of carbonyl (C=O) groups excluding carboxylic acids is 1. The Balaban J connectivity index is 1.72. The predicted octanol–water partition coefficient (Wildman–Crippen LogP) is 0.763. The fraction of sp³-hybridized carbons (Fsp3) is 0.500. The maximum Gasteiger partial charge on any atom is 0.335 e. The molecule has 8 heteroatoms. The molecule has 0 atom stereocenters. The molecule has 0 heterocycles. The van der Waals surface area contributed by atoms with E-state index in [1.165, 1.54) is 12.1 Å². The average Bonchev–Trinajstić information content (AvgIpc) is 2.45. The second-order valence-electron chi connectivity index (χ2n) is 6.00. The van der Waals surface area contributed by atoms with Crippen LogP contribution in [0.25, 0.3) is 0 Å². The Bertz CT molecular complexity index is 698. The standard InChI is InChI=1S/C16H22N2O5S/c19-15(10-13-5-2-6-14(9-13)16(20)21)17-7-8-24(22,23)18-11-12-3-1-4-12/h2,5-6,9,12,18H,1,3-4,7-8,10-11H2,(H,17,19)(H,20,21). The van der Waals surface area contributed by atoms with E-state index in [9.17, 15) is 18.0 Å². The smallest absolute Gasteiger partial charge is 0.335 e. The molecule has 1 aliphatic carbocycles. The third-order valence-electron chi connectivity index (χ3n) is 4.05. The lowest BCUT2D eigenvalue weighted by atomic mass is 9.86. The molecule has 1 aromatic rings. The number of hydrogen-bond donors (Lipinski definition) is 3. The first-order valence-corrected chi connectivity index (χ1v) is 9.57. The van der Waals surface area contributed by atoms with Crippen molar-refractivity contribution in [2.24, 2.45) is 5.92 Å². The van der Waals surface area contributed by atoms with Gasteiger partial charge in [-0.15, -0.1) is 0 Å². The van der Waals surface area contributed by atoms with Crippen LogP contribution in [0.2, 0.25) is 0 Å². The molecule has 7 nitrogen and oxygen atoms in total. The van der Waals surface area contributed by atoms with E-state index in [2.05, 4.69) is 10.0 Å². The van der Waals surface area contributed by atoms with Gasteiger partial charge >= 0.3 is 5.97 Å².